The Hall–Kier alpha value is -1.39. The second-order valence-electron chi connectivity index (χ2n) is 4.47. The van der Waals surface area contributed by atoms with Crippen LogP contribution < -0.4 is 5.32 Å². The number of aryl methyl sites for hydroxylation is 1. The molecule has 1 heterocycles. The summed E-state index contributed by atoms with van der Waals surface area (Å²) in [6.45, 7) is 2.95. The van der Waals surface area contributed by atoms with Crippen LogP contribution in [0.25, 0.3) is 0 Å². The highest BCUT2D eigenvalue weighted by molar-refractivity contribution is 6.30. The van der Waals surface area contributed by atoms with Crippen molar-refractivity contribution in [2.24, 2.45) is 7.05 Å². The Labute approximate surface area is 117 Å². The second kappa shape index (κ2) is 6.17. The summed E-state index contributed by atoms with van der Waals surface area (Å²) in [5.41, 5.74) is 1.82. The van der Waals surface area contributed by atoms with E-state index in [9.17, 15) is 4.39 Å². The van der Waals surface area contributed by atoms with Gasteiger partial charge >= 0.3 is 0 Å². The minimum atomic E-state index is -0.402. The van der Waals surface area contributed by atoms with E-state index >= 15 is 0 Å². The summed E-state index contributed by atoms with van der Waals surface area (Å²) in [6.07, 6.45) is 2.90. The van der Waals surface area contributed by atoms with Gasteiger partial charge in [-0.2, -0.15) is 5.10 Å². The zero-order chi connectivity index (χ0) is 13.8. The smallest absolute Gasteiger partial charge is 0.141 e. The summed E-state index contributed by atoms with van der Waals surface area (Å²) < 4.78 is 15.0. The van der Waals surface area contributed by atoms with Gasteiger partial charge in [-0.3, -0.25) is 4.68 Å². The molecule has 1 N–H and O–H groups in total. The number of hydrogen-bond acceptors (Lipinski definition) is 2. The number of nitrogens with zero attached hydrogens (tertiary/aromatic N) is 2. The predicted octanol–water partition coefficient (Wildman–Crippen LogP) is 3.30. The van der Waals surface area contributed by atoms with Crippen molar-refractivity contribution < 1.29 is 4.39 Å². The summed E-state index contributed by atoms with van der Waals surface area (Å²) in [4.78, 5) is 0. The van der Waals surface area contributed by atoms with Crippen molar-refractivity contribution in [2.75, 3.05) is 6.54 Å². The molecule has 19 heavy (non-hydrogen) atoms. The van der Waals surface area contributed by atoms with E-state index in [4.69, 9.17) is 11.6 Å². The molecule has 0 amide bonds. The molecule has 1 unspecified atom stereocenters. The monoisotopic (exact) mass is 281 g/mol. The van der Waals surface area contributed by atoms with Gasteiger partial charge in [0.25, 0.3) is 0 Å². The first-order valence-electron chi connectivity index (χ1n) is 6.29. The van der Waals surface area contributed by atoms with Crippen LogP contribution in [0.4, 0.5) is 4.39 Å². The second-order valence-corrected chi connectivity index (χ2v) is 4.88. The maximum atomic E-state index is 13.2. The normalized spacial score (nSPS) is 12.6. The Kier molecular flexibility index (Phi) is 4.56. The van der Waals surface area contributed by atoms with Gasteiger partial charge in [0.15, 0.2) is 0 Å². The van der Waals surface area contributed by atoms with Crippen molar-refractivity contribution in [1.29, 1.82) is 0 Å². The Morgan fingerprint density at radius 3 is 2.79 bits per heavy atom. The van der Waals surface area contributed by atoms with Crippen LogP contribution >= 0.6 is 11.6 Å². The molecule has 5 heteroatoms. The summed E-state index contributed by atoms with van der Waals surface area (Å²) >= 11 is 5.86. The summed E-state index contributed by atoms with van der Waals surface area (Å²) in [7, 11) is 1.87. The molecule has 0 fully saturated rings. The van der Waals surface area contributed by atoms with Crippen molar-refractivity contribution in [3.05, 3.63) is 52.6 Å². The summed E-state index contributed by atoms with van der Waals surface area (Å²) in [6, 6.07) is 6.66. The van der Waals surface area contributed by atoms with Gasteiger partial charge in [-0.25, -0.2) is 4.39 Å². The van der Waals surface area contributed by atoms with Crippen LogP contribution in [0.5, 0.6) is 0 Å². The highest BCUT2D eigenvalue weighted by Gasteiger charge is 2.17. The molecular formula is C14H17ClFN3. The number of hydrogen-bond donors (Lipinski definition) is 1. The molecule has 3 nitrogen and oxygen atoms in total. The maximum Gasteiger partial charge on any atom is 0.141 e. The van der Waals surface area contributed by atoms with Crippen LogP contribution in [0.15, 0.2) is 30.5 Å². The first kappa shape index (κ1) is 14.0. The van der Waals surface area contributed by atoms with E-state index in [-0.39, 0.29) is 11.1 Å². The molecule has 2 aromatic rings. The molecule has 0 saturated heterocycles. The van der Waals surface area contributed by atoms with Gasteiger partial charge in [-0.15, -0.1) is 0 Å². The van der Waals surface area contributed by atoms with Crippen molar-refractivity contribution >= 4 is 11.6 Å². The third kappa shape index (κ3) is 3.33. The quantitative estimate of drug-likeness (QED) is 0.911. The number of aromatic nitrogens is 2. The fourth-order valence-corrected chi connectivity index (χ4v) is 2.15. The molecule has 1 aromatic carbocycles. The van der Waals surface area contributed by atoms with Crippen LogP contribution in [0.1, 0.15) is 30.6 Å². The molecule has 0 bridgehead atoms. The highest BCUT2D eigenvalue weighted by Crippen LogP contribution is 2.25. The molecule has 1 atom stereocenters. The van der Waals surface area contributed by atoms with E-state index in [1.807, 2.05) is 19.3 Å². The highest BCUT2D eigenvalue weighted by atomic mass is 35.5. The molecule has 2 rings (SSSR count). The van der Waals surface area contributed by atoms with Crippen molar-refractivity contribution in [2.45, 2.75) is 19.4 Å². The predicted molar refractivity (Wildman–Crippen MR) is 74.8 cm³/mol. The molecule has 0 spiro atoms. The summed E-state index contributed by atoms with van der Waals surface area (Å²) in [5, 5.41) is 7.95. The Morgan fingerprint density at radius 1 is 1.42 bits per heavy atom. The van der Waals surface area contributed by atoms with Crippen molar-refractivity contribution in [3.8, 4) is 0 Å². The Balaban J connectivity index is 2.33. The van der Waals surface area contributed by atoms with E-state index < -0.39 is 5.82 Å². The lowest BCUT2D eigenvalue weighted by Crippen LogP contribution is -2.23. The first-order valence-corrected chi connectivity index (χ1v) is 6.67. The van der Waals surface area contributed by atoms with Gasteiger partial charge in [0.2, 0.25) is 0 Å². The average molecular weight is 282 g/mol. The molecule has 0 aliphatic rings. The maximum absolute atomic E-state index is 13.2. The average Bonchev–Trinajstić information content (AvgIpc) is 2.80. The third-order valence-electron chi connectivity index (χ3n) is 2.91. The fraction of sp³-hybridized carbons (Fsp3) is 0.357. The van der Waals surface area contributed by atoms with Crippen LogP contribution in [0.3, 0.4) is 0 Å². The third-order valence-corrected chi connectivity index (χ3v) is 3.20. The van der Waals surface area contributed by atoms with Gasteiger partial charge in [0.1, 0.15) is 5.82 Å². The standard InChI is InChI=1S/C14H17ClFN3/c1-3-7-17-14(13-6-8-19(2)18-13)10-4-5-12(16)11(15)9-10/h4-6,8-9,14,17H,3,7H2,1-2H3. The molecule has 0 saturated carbocycles. The molecule has 0 aliphatic heterocycles. The van der Waals surface area contributed by atoms with E-state index in [0.717, 1.165) is 24.2 Å². The molecule has 0 radical (unpaired) electrons. The van der Waals surface area contributed by atoms with E-state index in [1.165, 1.54) is 6.07 Å². The number of nitrogens with one attached hydrogen (secondary N) is 1. The van der Waals surface area contributed by atoms with E-state index in [0.29, 0.717) is 0 Å². The minimum Gasteiger partial charge on any atom is -0.305 e. The molecular weight excluding hydrogens is 265 g/mol. The lowest BCUT2D eigenvalue weighted by Gasteiger charge is -2.17. The Bertz CT molecular complexity index is 553. The SMILES string of the molecule is CCCNC(c1ccc(F)c(Cl)c1)c1ccn(C)n1. The van der Waals surface area contributed by atoms with Gasteiger partial charge in [-0.05, 0) is 36.7 Å². The number of rotatable bonds is 5. The fourth-order valence-electron chi connectivity index (χ4n) is 1.96. The van der Waals surface area contributed by atoms with Gasteiger partial charge in [0.05, 0.1) is 16.8 Å². The molecule has 102 valence electrons. The molecule has 1 aromatic heterocycles. The zero-order valence-corrected chi connectivity index (χ0v) is 11.8. The van der Waals surface area contributed by atoms with E-state index in [2.05, 4.69) is 17.3 Å². The van der Waals surface area contributed by atoms with Crippen LogP contribution in [-0.2, 0) is 7.05 Å². The topological polar surface area (TPSA) is 29.9 Å². The van der Waals surface area contributed by atoms with Gasteiger partial charge in [0, 0.05) is 13.2 Å². The number of halogens is 2. The summed E-state index contributed by atoms with van der Waals surface area (Å²) in [5.74, 6) is -0.402. The van der Waals surface area contributed by atoms with E-state index in [1.54, 1.807) is 16.8 Å². The Morgan fingerprint density at radius 2 is 2.21 bits per heavy atom. The lowest BCUT2D eigenvalue weighted by atomic mass is 10.0. The first-order chi connectivity index (χ1) is 9.11. The van der Waals surface area contributed by atoms with Crippen molar-refractivity contribution in [1.82, 2.24) is 15.1 Å². The van der Waals surface area contributed by atoms with Crippen LogP contribution in [0.2, 0.25) is 5.02 Å². The molecule has 0 aliphatic carbocycles. The van der Waals surface area contributed by atoms with Crippen LogP contribution in [0, 0.1) is 5.82 Å². The van der Waals surface area contributed by atoms with Gasteiger partial charge in [-0.1, -0.05) is 24.6 Å². The largest absolute Gasteiger partial charge is 0.305 e. The van der Waals surface area contributed by atoms with Crippen molar-refractivity contribution in [3.63, 3.8) is 0 Å². The lowest BCUT2D eigenvalue weighted by molar-refractivity contribution is 0.572. The van der Waals surface area contributed by atoms with Gasteiger partial charge < -0.3 is 5.32 Å². The minimum absolute atomic E-state index is 0.0701. The number of benzene rings is 1. The zero-order valence-electron chi connectivity index (χ0n) is 11.0. The van der Waals surface area contributed by atoms with Crippen LogP contribution in [-0.4, -0.2) is 16.3 Å².